The molecule has 0 radical (unpaired) electrons. The van der Waals surface area contributed by atoms with Crippen LogP contribution in [0.1, 0.15) is 18.5 Å². The molecular formula is C14H16N2OS. The van der Waals surface area contributed by atoms with E-state index in [1.165, 1.54) is 0 Å². The molecule has 0 saturated heterocycles. The summed E-state index contributed by atoms with van der Waals surface area (Å²) in [6.45, 7) is 1.92. The SMILES string of the molecule is CSc1ccccc1Oc1ncccc1C(C)N. The Hall–Kier alpha value is -1.52. The summed E-state index contributed by atoms with van der Waals surface area (Å²) in [7, 11) is 0. The first-order valence-corrected chi connectivity index (χ1v) is 6.96. The van der Waals surface area contributed by atoms with Crippen molar-refractivity contribution in [3.8, 4) is 11.6 Å². The number of hydrogen-bond acceptors (Lipinski definition) is 4. The second kappa shape index (κ2) is 5.89. The lowest BCUT2D eigenvalue weighted by atomic mass is 10.1. The molecule has 2 N–H and O–H groups in total. The standard InChI is InChI=1S/C14H16N2OS/c1-10(15)11-6-5-9-16-14(11)17-12-7-3-4-8-13(12)18-2/h3-10H,15H2,1-2H3. The molecule has 18 heavy (non-hydrogen) atoms. The van der Waals surface area contributed by atoms with Crippen molar-refractivity contribution in [2.24, 2.45) is 5.73 Å². The Morgan fingerprint density at radius 1 is 1.22 bits per heavy atom. The summed E-state index contributed by atoms with van der Waals surface area (Å²) in [5.41, 5.74) is 6.82. The number of pyridine rings is 1. The molecule has 0 aliphatic heterocycles. The monoisotopic (exact) mass is 260 g/mol. The Morgan fingerprint density at radius 2 is 2.00 bits per heavy atom. The number of para-hydroxylation sites is 1. The van der Waals surface area contributed by atoms with E-state index >= 15 is 0 Å². The Morgan fingerprint density at radius 3 is 2.72 bits per heavy atom. The molecule has 1 aromatic carbocycles. The van der Waals surface area contributed by atoms with E-state index in [2.05, 4.69) is 4.98 Å². The van der Waals surface area contributed by atoms with E-state index in [0.29, 0.717) is 5.88 Å². The van der Waals surface area contributed by atoms with Gasteiger partial charge >= 0.3 is 0 Å². The van der Waals surface area contributed by atoms with Crippen LogP contribution >= 0.6 is 11.8 Å². The Bertz CT molecular complexity index is 529. The largest absolute Gasteiger partial charge is 0.438 e. The number of thioether (sulfide) groups is 1. The Balaban J connectivity index is 2.34. The van der Waals surface area contributed by atoms with Crippen LogP contribution in [0.4, 0.5) is 0 Å². The Kier molecular flexibility index (Phi) is 4.23. The van der Waals surface area contributed by atoms with Crippen molar-refractivity contribution >= 4 is 11.8 Å². The van der Waals surface area contributed by atoms with Crippen LogP contribution < -0.4 is 10.5 Å². The number of nitrogens with zero attached hydrogens (tertiary/aromatic N) is 1. The van der Waals surface area contributed by atoms with Gasteiger partial charge in [-0.1, -0.05) is 18.2 Å². The third-order valence-corrected chi connectivity index (χ3v) is 3.34. The van der Waals surface area contributed by atoms with Crippen molar-refractivity contribution in [2.45, 2.75) is 17.9 Å². The van der Waals surface area contributed by atoms with Gasteiger partial charge in [-0.25, -0.2) is 4.98 Å². The van der Waals surface area contributed by atoms with Gasteiger partial charge in [-0.2, -0.15) is 0 Å². The third-order valence-electron chi connectivity index (χ3n) is 2.57. The number of benzene rings is 1. The van der Waals surface area contributed by atoms with Crippen LogP contribution in [0, 0.1) is 0 Å². The minimum atomic E-state index is -0.102. The summed E-state index contributed by atoms with van der Waals surface area (Å²) in [5, 5.41) is 0. The van der Waals surface area contributed by atoms with E-state index in [0.717, 1.165) is 16.2 Å². The predicted octanol–water partition coefficient (Wildman–Crippen LogP) is 3.62. The van der Waals surface area contributed by atoms with Crippen LogP contribution in [0.2, 0.25) is 0 Å². The van der Waals surface area contributed by atoms with Gasteiger partial charge in [-0.15, -0.1) is 11.8 Å². The molecule has 2 aromatic rings. The predicted molar refractivity (Wildman–Crippen MR) is 75.1 cm³/mol. The zero-order valence-electron chi connectivity index (χ0n) is 10.5. The van der Waals surface area contributed by atoms with E-state index in [1.54, 1.807) is 18.0 Å². The lowest BCUT2D eigenvalue weighted by Gasteiger charge is -2.13. The fourth-order valence-corrected chi connectivity index (χ4v) is 2.17. The molecule has 1 heterocycles. The first kappa shape index (κ1) is 12.9. The summed E-state index contributed by atoms with van der Waals surface area (Å²) in [6.07, 6.45) is 3.73. The van der Waals surface area contributed by atoms with E-state index in [1.807, 2.05) is 49.6 Å². The molecular weight excluding hydrogens is 244 g/mol. The molecule has 0 aliphatic rings. The molecule has 0 amide bonds. The lowest BCUT2D eigenvalue weighted by molar-refractivity contribution is 0.442. The zero-order chi connectivity index (χ0) is 13.0. The van der Waals surface area contributed by atoms with Crippen LogP contribution in [0.5, 0.6) is 11.6 Å². The maximum Gasteiger partial charge on any atom is 0.224 e. The topological polar surface area (TPSA) is 48.1 Å². The highest BCUT2D eigenvalue weighted by Crippen LogP contribution is 2.32. The van der Waals surface area contributed by atoms with E-state index in [9.17, 15) is 0 Å². The fraction of sp³-hybridized carbons (Fsp3) is 0.214. The minimum Gasteiger partial charge on any atom is -0.438 e. The highest BCUT2D eigenvalue weighted by molar-refractivity contribution is 7.98. The minimum absolute atomic E-state index is 0.102. The number of ether oxygens (including phenoxy) is 1. The van der Waals surface area contributed by atoms with Crippen molar-refractivity contribution in [3.63, 3.8) is 0 Å². The molecule has 2 rings (SSSR count). The van der Waals surface area contributed by atoms with Gasteiger partial charge in [0, 0.05) is 22.7 Å². The quantitative estimate of drug-likeness (QED) is 0.853. The van der Waals surface area contributed by atoms with E-state index in [-0.39, 0.29) is 6.04 Å². The molecule has 0 aliphatic carbocycles. The van der Waals surface area contributed by atoms with Crippen molar-refractivity contribution in [1.82, 2.24) is 4.98 Å². The molecule has 3 nitrogen and oxygen atoms in total. The molecule has 0 fully saturated rings. The van der Waals surface area contributed by atoms with Gasteiger partial charge in [0.25, 0.3) is 0 Å². The molecule has 0 saturated carbocycles. The molecule has 4 heteroatoms. The van der Waals surface area contributed by atoms with Crippen molar-refractivity contribution < 1.29 is 4.74 Å². The second-order valence-electron chi connectivity index (χ2n) is 3.94. The number of aromatic nitrogens is 1. The number of nitrogens with two attached hydrogens (primary N) is 1. The van der Waals surface area contributed by atoms with Crippen LogP contribution in [-0.2, 0) is 0 Å². The first-order chi connectivity index (χ1) is 8.72. The highest BCUT2D eigenvalue weighted by atomic mass is 32.2. The van der Waals surface area contributed by atoms with Crippen LogP contribution in [0.15, 0.2) is 47.5 Å². The second-order valence-corrected chi connectivity index (χ2v) is 4.79. The smallest absolute Gasteiger partial charge is 0.224 e. The van der Waals surface area contributed by atoms with Gasteiger partial charge < -0.3 is 10.5 Å². The normalized spacial score (nSPS) is 12.2. The summed E-state index contributed by atoms with van der Waals surface area (Å²) >= 11 is 1.64. The van der Waals surface area contributed by atoms with Gasteiger partial charge in [0.05, 0.1) is 0 Å². The number of rotatable bonds is 4. The van der Waals surface area contributed by atoms with Crippen molar-refractivity contribution in [2.75, 3.05) is 6.26 Å². The molecule has 0 spiro atoms. The average molecular weight is 260 g/mol. The van der Waals surface area contributed by atoms with E-state index < -0.39 is 0 Å². The fourth-order valence-electron chi connectivity index (χ4n) is 1.64. The molecule has 94 valence electrons. The maximum absolute atomic E-state index is 5.91. The molecule has 1 unspecified atom stereocenters. The Labute approximate surface area is 111 Å². The van der Waals surface area contributed by atoms with Gasteiger partial charge in [0.2, 0.25) is 5.88 Å². The van der Waals surface area contributed by atoms with Gasteiger partial charge in [-0.3, -0.25) is 0 Å². The zero-order valence-corrected chi connectivity index (χ0v) is 11.3. The van der Waals surface area contributed by atoms with Gasteiger partial charge in [0.1, 0.15) is 5.75 Å². The average Bonchev–Trinajstić information content (AvgIpc) is 2.40. The first-order valence-electron chi connectivity index (χ1n) is 5.73. The summed E-state index contributed by atoms with van der Waals surface area (Å²) in [6, 6.07) is 11.6. The van der Waals surface area contributed by atoms with Crippen LogP contribution in [-0.4, -0.2) is 11.2 Å². The summed E-state index contributed by atoms with van der Waals surface area (Å²) in [5.74, 6) is 1.39. The summed E-state index contributed by atoms with van der Waals surface area (Å²) < 4.78 is 5.88. The van der Waals surface area contributed by atoms with Gasteiger partial charge in [-0.05, 0) is 31.4 Å². The van der Waals surface area contributed by atoms with Crippen LogP contribution in [0.3, 0.4) is 0 Å². The third kappa shape index (κ3) is 2.83. The highest BCUT2D eigenvalue weighted by Gasteiger charge is 2.11. The molecule has 0 bridgehead atoms. The summed E-state index contributed by atoms with van der Waals surface area (Å²) in [4.78, 5) is 5.34. The van der Waals surface area contributed by atoms with Crippen molar-refractivity contribution in [3.05, 3.63) is 48.2 Å². The van der Waals surface area contributed by atoms with E-state index in [4.69, 9.17) is 10.5 Å². The van der Waals surface area contributed by atoms with Crippen LogP contribution in [0.25, 0.3) is 0 Å². The molecule has 1 atom stereocenters. The van der Waals surface area contributed by atoms with Crippen molar-refractivity contribution in [1.29, 1.82) is 0 Å². The maximum atomic E-state index is 5.91. The molecule has 1 aromatic heterocycles. The van der Waals surface area contributed by atoms with Gasteiger partial charge in [0.15, 0.2) is 0 Å². The number of hydrogen-bond donors (Lipinski definition) is 1. The lowest BCUT2D eigenvalue weighted by Crippen LogP contribution is -2.07.